The van der Waals surface area contributed by atoms with E-state index >= 15 is 0 Å². The van der Waals surface area contributed by atoms with Gasteiger partial charge in [0, 0.05) is 12.1 Å². The van der Waals surface area contributed by atoms with Crippen LogP contribution in [0.4, 0.5) is 0 Å². The number of hydrogen-bond acceptors (Lipinski definition) is 2. The van der Waals surface area contributed by atoms with Crippen molar-refractivity contribution in [3.8, 4) is 0 Å². The van der Waals surface area contributed by atoms with Crippen molar-refractivity contribution in [3.05, 3.63) is 71.8 Å². The molecule has 0 N–H and O–H groups in total. The Morgan fingerprint density at radius 2 is 1.20 bits per heavy atom. The normalized spacial score (nSPS) is 11.6. The smallest absolute Gasteiger partial charge is 0.238 e. The zero-order valence-corrected chi connectivity index (χ0v) is 20.3. The third kappa shape index (κ3) is 5.65. The molecule has 0 aromatic heterocycles. The van der Waals surface area contributed by atoms with Gasteiger partial charge in [-0.1, -0.05) is 74.5 Å². The van der Waals surface area contributed by atoms with Crippen molar-refractivity contribution < 1.29 is 4.79 Å². The van der Waals surface area contributed by atoms with E-state index in [1.165, 1.54) is 0 Å². The van der Waals surface area contributed by atoms with E-state index in [1.807, 2.05) is 36.4 Å². The van der Waals surface area contributed by atoms with E-state index in [2.05, 4.69) is 75.6 Å². The maximum Gasteiger partial charge on any atom is 0.238 e. The van der Waals surface area contributed by atoms with Crippen molar-refractivity contribution in [3.63, 3.8) is 0 Å². The quantitative estimate of drug-likeness (QED) is 0.477. The van der Waals surface area contributed by atoms with E-state index in [4.69, 9.17) is 0 Å². The summed E-state index contributed by atoms with van der Waals surface area (Å²) in [5, 5.41) is 0. The molecule has 0 aliphatic heterocycles. The molecule has 0 fully saturated rings. The molecule has 0 saturated heterocycles. The molecule has 0 spiro atoms. The summed E-state index contributed by atoms with van der Waals surface area (Å²) in [6.07, 6.45) is 0.761. The van der Waals surface area contributed by atoms with Gasteiger partial charge in [0.2, 0.25) is 5.91 Å². The number of carbonyl (C=O) groups is 1. The molecule has 1 amide bonds. The Labute approximate surface area is 189 Å². The Morgan fingerprint density at radius 3 is 1.53 bits per heavy atom. The van der Waals surface area contributed by atoms with Crippen LogP contribution in [0.25, 0.3) is 0 Å². The van der Waals surface area contributed by atoms with Gasteiger partial charge in [-0.2, -0.15) is 0 Å². The molecule has 3 nitrogen and oxygen atoms in total. The van der Waals surface area contributed by atoms with Crippen LogP contribution < -0.4 is 0 Å². The van der Waals surface area contributed by atoms with E-state index < -0.39 is 5.41 Å². The number of nitrogens with zero attached hydrogens (tertiary/aromatic N) is 2. The first kappa shape index (κ1) is 26.2. The van der Waals surface area contributed by atoms with Crippen LogP contribution in [0.15, 0.2) is 60.7 Å². The van der Waals surface area contributed by atoms with Crippen LogP contribution in [0, 0.1) is 0 Å². The van der Waals surface area contributed by atoms with E-state index in [0.29, 0.717) is 0 Å². The summed E-state index contributed by atoms with van der Waals surface area (Å²) in [4.78, 5) is 18.8. The molecule has 2 rings (SSSR count). The minimum absolute atomic E-state index is 0. The molecule has 30 heavy (non-hydrogen) atoms. The van der Waals surface area contributed by atoms with Crippen LogP contribution in [0.2, 0.25) is 0 Å². The average Bonchev–Trinajstić information content (AvgIpc) is 2.72. The fraction of sp³-hybridized carbons (Fsp3) is 0.500. The van der Waals surface area contributed by atoms with Crippen molar-refractivity contribution in [2.24, 2.45) is 0 Å². The lowest BCUT2D eigenvalue weighted by Crippen LogP contribution is -2.54. The fourth-order valence-electron chi connectivity index (χ4n) is 4.41. The van der Waals surface area contributed by atoms with Crippen LogP contribution in [0.1, 0.15) is 59.1 Å². The monoisotopic (exact) mass is 430 g/mol. The Kier molecular flexibility index (Phi) is 10.6. The second kappa shape index (κ2) is 12.1. The van der Waals surface area contributed by atoms with Gasteiger partial charge in [0.1, 0.15) is 5.41 Å². The summed E-state index contributed by atoms with van der Waals surface area (Å²) in [7, 11) is 0. The number of carbonyl (C=O) groups excluding carboxylic acids is 1. The first-order valence-corrected chi connectivity index (χ1v) is 11.0. The van der Waals surface area contributed by atoms with Gasteiger partial charge in [0.05, 0.1) is 0 Å². The molecule has 166 valence electrons. The van der Waals surface area contributed by atoms with Gasteiger partial charge in [-0.25, -0.2) is 0 Å². The average molecular weight is 431 g/mol. The summed E-state index contributed by atoms with van der Waals surface area (Å²) in [6.45, 7) is 15.7. The van der Waals surface area contributed by atoms with Crippen LogP contribution in [-0.4, -0.2) is 47.4 Å². The SMILES string of the molecule is CCN(CC)CCC(C(=O)N(C(C)C)C(C)C)(c1ccccc1)c1ccccc1.Cl. The molecule has 0 bridgehead atoms. The van der Waals surface area contributed by atoms with E-state index in [1.54, 1.807) is 0 Å². The molecule has 0 aliphatic rings. The minimum Gasteiger partial charge on any atom is -0.337 e. The highest BCUT2D eigenvalue weighted by molar-refractivity contribution is 5.92. The molecule has 0 unspecified atom stereocenters. The summed E-state index contributed by atoms with van der Waals surface area (Å²) < 4.78 is 0. The maximum absolute atomic E-state index is 14.3. The number of halogens is 1. The summed E-state index contributed by atoms with van der Waals surface area (Å²) in [5.74, 6) is 0.201. The standard InChI is InChI=1S/C26H38N2O.ClH/c1-7-27(8-2)20-19-26(23-15-11-9-12-16-23,24-17-13-10-14-18-24)25(29)28(21(3)4)22(5)6;/h9-18,21-22H,7-8,19-20H2,1-6H3;1H. The van der Waals surface area contributed by atoms with Gasteiger partial charge in [-0.15, -0.1) is 12.4 Å². The number of rotatable bonds is 10. The van der Waals surface area contributed by atoms with Crippen molar-refractivity contribution in [1.29, 1.82) is 0 Å². The lowest BCUT2D eigenvalue weighted by atomic mass is 9.70. The first-order chi connectivity index (χ1) is 13.9. The van der Waals surface area contributed by atoms with Crippen molar-refractivity contribution in [1.82, 2.24) is 9.80 Å². The van der Waals surface area contributed by atoms with Crippen molar-refractivity contribution in [2.75, 3.05) is 19.6 Å². The van der Waals surface area contributed by atoms with Crippen LogP contribution in [0.3, 0.4) is 0 Å². The fourth-order valence-corrected chi connectivity index (χ4v) is 4.41. The number of amides is 1. The van der Waals surface area contributed by atoms with Gasteiger partial charge in [-0.05, 0) is 64.9 Å². The molecular weight excluding hydrogens is 392 g/mol. The lowest BCUT2D eigenvalue weighted by molar-refractivity contribution is -0.140. The molecule has 0 radical (unpaired) electrons. The van der Waals surface area contributed by atoms with Crippen molar-refractivity contribution in [2.45, 2.75) is 65.5 Å². The molecular formula is C26H39ClN2O. The van der Waals surface area contributed by atoms with E-state index in [0.717, 1.165) is 37.2 Å². The van der Waals surface area contributed by atoms with Crippen LogP contribution in [-0.2, 0) is 10.2 Å². The largest absolute Gasteiger partial charge is 0.337 e. The molecule has 2 aromatic rings. The third-order valence-electron chi connectivity index (χ3n) is 5.94. The summed E-state index contributed by atoms with van der Waals surface area (Å²) in [5.41, 5.74) is 1.46. The Hall–Kier alpha value is -1.84. The molecule has 0 heterocycles. The molecule has 0 saturated carbocycles. The highest BCUT2D eigenvalue weighted by Crippen LogP contribution is 2.39. The second-order valence-electron chi connectivity index (χ2n) is 8.31. The van der Waals surface area contributed by atoms with Crippen LogP contribution >= 0.6 is 12.4 Å². The van der Waals surface area contributed by atoms with Crippen LogP contribution in [0.5, 0.6) is 0 Å². The Balaban J connectivity index is 0.00000450. The summed E-state index contributed by atoms with van der Waals surface area (Å²) >= 11 is 0. The number of hydrogen-bond donors (Lipinski definition) is 0. The Morgan fingerprint density at radius 1 is 0.800 bits per heavy atom. The van der Waals surface area contributed by atoms with Gasteiger partial charge in [0.25, 0.3) is 0 Å². The predicted octanol–water partition coefficient (Wildman–Crippen LogP) is 5.77. The van der Waals surface area contributed by atoms with Gasteiger partial charge in [0.15, 0.2) is 0 Å². The lowest BCUT2D eigenvalue weighted by Gasteiger charge is -2.42. The highest BCUT2D eigenvalue weighted by atomic mass is 35.5. The highest BCUT2D eigenvalue weighted by Gasteiger charge is 2.45. The van der Waals surface area contributed by atoms with Crippen molar-refractivity contribution >= 4 is 18.3 Å². The van der Waals surface area contributed by atoms with Gasteiger partial charge >= 0.3 is 0 Å². The topological polar surface area (TPSA) is 23.6 Å². The minimum atomic E-state index is -0.695. The van der Waals surface area contributed by atoms with Gasteiger partial charge < -0.3 is 9.80 Å². The van der Waals surface area contributed by atoms with E-state index in [-0.39, 0.29) is 30.4 Å². The second-order valence-corrected chi connectivity index (χ2v) is 8.31. The molecule has 4 heteroatoms. The molecule has 2 aromatic carbocycles. The Bertz CT molecular complexity index is 695. The summed E-state index contributed by atoms with van der Waals surface area (Å²) in [6, 6.07) is 21.0. The first-order valence-electron chi connectivity index (χ1n) is 11.0. The van der Waals surface area contributed by atoms with Gasteiger partial charge in [-0.3, -0.25) is 4.79 Å². The number of benzene rings is 2. The molecule has 0 atom stereocenters. The maximum atomic E-state index is 14.3. The zero-order chi connectivity index (χ0) is 21.4. The molecule has 0 aliphatic carbocycles. The van der Waals surface area contributed by atoms with E-state index in [9.17, 15) is 4.79 Å². The predicted molar refractivity (Wildman–Crippen MR) is 130 cm³/mol. The third-order valence-corrected chi connectivity index (χ3v) is 5.94. The zero-order valence-electron chi connectivity index (χ0n) is 19.5.